The van der Waals surface area contributed by atoms with Gasteiger partial charge in [0, 0.05) is 24.7 Å². The number of hydrogen-bond acceptors (Lipinski definition) is 4. The lowest BCUT2D eigenvalue weighted by Crippen LogP contribution is -2.38. The highest BCUT2D eigenvalue weighted by atomic mass is 19.1. The third-order valence-electron chi connectivity index (χ3n) is 3.75. The van der Waals surface area contributed by atoms with Gasteiger partial charge in [-0.3, -0.25) is 0 Å². The van der Waals surface area contributed by atoms with E-state index in [9.17, 15) is 4.39 Å². The Morgan fingerprint density at radius 1 is 1.16 bits per heavy atom. The SMILES string of the molecule is Nc1ccc(N2CCC(C3OC=CO3)CC2)cc1F. The fourth-order valence-corrected chi connectivity index (χ4v) is 2.62. The first-order valence-corrected chi connectivity index (χ1v) is 6.50. The number of nitrogens with two attached hydrogens (primary N) is 1. The van der Waals surface area contributed by atoms with Crippen LogP contribution in [0.1, 0.15) is 12.8 Å². The van der Waals surface area contributed by atoms with E-state index in [0.29, 0.717) is 5.92 Å². The number of hydrogen-bond donors (Lipinski definition) is 1. The Morgan fingerprint density at radius 3 is 2.47 bits per heavy atom. The molecule has 1 saturated heterocycles. The zero-order valence-electron chi connectivity index (χ0n) is 10.6. The highest BCUT2D eigenvalue weighted by Crippen LogP contribution is 2.29. The fraction of sp³-hybridized carbons (Fsp3) is 0.429. The molecular weight excluding hydrogens is 247 g/mol. The van der Waals surface area contributed by atoms with Crippen molar-refractivity contribution in [1.82, 2.24) is 0 Å². The largest absolute Gasteiger partial charge is 0.459 e. The predicted octanol–water partition coefficient (Wildman–Crippen LogP) is 2.47. The van der Waals surface area contributed by atoms with Gasteiger partial charge in [0.25, 0.3) is 0 Å². The molecule has 0 amide bonds. The van der Waals surface area contributed by atoms with Gasteiger partial charge in [-0.25, -0.2) is 4.39 Å². The Hall–Kier alpha value is -1.91. The average Bonchev–Trinajstić information content (AvgIpc) is 2.96. The lowest BCUT2D eigenvalue weighted by molar-refractivity contribution is -0.0728. The number of halogens is 1. The smallest absolute Gasteiger partial charge is 0.242 e. The van der Waals surface area contributed by atoms with Crippen molar-refractivity contribution in [2.24, 2.45) is 5.92 Å². The van der Waals surface area contributed by atoms with E-state index in [-0.39, 0.29) is 17.8 Å². The number of rotatable bonds is 2. The van der Waals surface area contributed by atoms with Crippen LogP contribution in [0.5, 0.6) is 0 Å². The first kappa shape index (κ1) is 12.1. The van der Waals surface area contributed by atoms with Crippen LogP contribution in [0.3, 0.4) is 0 Å². The van der Waals surface area contributed by atoms with Crippen LogP contribution in [0.15, 0.2) is 30.7 Å². The maximum absolute atomic E-state index is 13.5. The van der Waals surface area contributed by atoms with E-state index >= 15 is 0 Å². The van der Waals surface area contributed by atoms with Crippen LogP contribution in [0, 0.1) is 11.7 Å². The molecule has 3 rings (SSSR count). The summed E-state index contributed by atoms with van der Waals surface area (Å²) in [7, 11) is 0. The number of nitrogen functional groups attached to an aromatic ring is 1. The lowest BCUT2D eigenvalue weighted by atomic mass is 9.95. The highest BCUT2D eigenvalue weighted by molar-refractivity contribution is 5.54. The van der Waals surface area contributed by atoms with E-state index in [1.54, 1.807) is 18.6 Å². The molecule has 2 heterocycles. The Labute approximate surface area is 111 Å². The molecule has 4 nitrogen and oxygen atoms in total. The number of ether oxygens (including phenoxy) is 2. The monoisotopic (exact) mass is 264 g/mol. The van der Waals surface area contributed by atoms with Crippen LogP contribution in [0.2, 0.25) is 0 Å². The zero-order chi connectivity index (χ0) is 13.2. The molecular formula is C14H17FN2O2. The van der Waals surface area contributed by atoms with Crippen molar-refractivity contribution >= 4 is 11.4 Å². The Morgan fingerprint density at radius 2 is 1.84 bits per heavy atom. The predicted molar refractivity (Wildman–Crippen MR) is 70.8 cm³/mol. The second-order valence-corrected chi connectivity index (χ2v) is 4.94. The normalized spacial score (nSPS) is 20.4. The molecule has 0 atom stereocenters. The van der Waals surface area contributed by atoms with Gasteiger partial charge in [0.15, 0.2) is 0 Å². The summed E-state index contributed by atoms with van der Waals surface area (Å²) in [5.41, 5.74) is 6.57. The van der Waals surface area contributed by atoms with Crippen LogP contribution < -0.4 is 10.6 Å². The first-order chi connectivity index (χ1) is 9.24. The molecule has 1 aromatic carbocycles. The van der Waals surface area contributed by atoms with Gasteiger partial charge in [0.2, 0.25) is 6.29 Å². The van der Waals surface area contributed by atoms with E-state index in [1.165, 1.54) is 6.07 Å². The van der Waals surface area contributed by atoms with Gasteiger partial charge in [0.05, 0.1) is 5.69 Å². The van der Waals surface area contributed by atoms with E-state index < -0.39 is 0 Å². The summed E-state index contributed by atoms with van der Waals surface area (Å²) in [6.45, 7) is 1.74. The van der Waals surface area contributed by atoms with Crippen molar-refractivity contribution in [2.75, 3.05) is 23.7 Å². The van der Waals surface area contributed by atoms with Crippen LogP contribution in [0.25, 0.3) is 0 Å². The van der Waals surface area contributed by atoms with E-state index in [1.807, 2.05) is 6.07 Å². The molecule has 1 aromatic rings. The minimum atomic E-state index is -0.355. The van der Waals surface area contributed by atoms with Crippen molar-refractivity contribution < 1.29 is 13.9 Å². The molecule has 0 spiro atoms. The third-order valence-corrected chi connectivity index (χ3v) is 3.75. The highest BCUT2D eigenvalue weighted by Gasteiger charge is 2.30. The van der Waals surface area contributed by atoms with Gasteiger partial charge < -0.3 is 20.1 Å². The molecule has 19 heavy (non-hydrogen) atoms. The van der Waals surface area contributed by atoms with Crippen molar-refractivity contribution in [3.05, 3.63) is 36.5 Å². The van der Waals surface area contributed by atoms with E-state index in [0.717, 1.165) is 31.6 Å². The molecule has 0 aromatic heterocycles. The molecule has 0 unspecified atom stereocenters. The van der Waals surface area contributed by atoms with Crippen molar-refractivity contribution in [3.63, 3.8) is 0 Å². The average molecular weight is 264 g/mol. The van der Waals surface area contributed by atoms with Crippen molar-refractivity contribution in [2.45, 2.75) is 19.1 Å². The maximum atomic E-state index is 13.5. The molecule has 2 N–H and O–H groups in total. The summed E-state index contributed by atoms with van der Waals surface area (Å²) in [5, 5.41) is 0. The number of nitrogens with zero attached hydrogens (tertiary/aromatic N) is 1. The van der Waals surface area contributed by atoms with Crippen LogP contribution in [-0.2, 0) is 9.47 Å². The second-order valence-electron chi connectivity index (χ2n) is 4.94. The topological polar surface area (TPSA) is 47.7 Å². The van der Waals surface area contributed by atoms with Gasteiger partial charge >= 0.3 is 0 Å². The number of anilines is 2. The summed E-state index contributed by atoms with van der Waals surface area (Å²) < 4.78 is 24.2. The standard InChI is InChI=1S/C14H17FN2O2/c15-12-9-11(1-2-13(12)16)17-5-3-10(4-6-17)14-18-7-8-19-14/h1-2,7-10,14H,3-6,16H2. The van der Waals surface area contributed by atoms with Gasteiger partial charge in [-0.2, -0.15) is 0 Å². The third kappa shape index (κ3) is 2.45. The van der Waals surface area contributed by atoms with Gasteiger partial charge in [-0.15, -0.1) is 0 Å². The molecule has 0 radical (unpaired) electrons. The van der Waals surface area contributed by atoms with Gasteiger partial charge in [-0.05, 0) is 31.0 Å². The number of benzene rings is 1. The summed E-state index contributed by atoms with van der Waals surface area (Å²) in [6, 6.07) is 4.98. The van der Waals surface area contributed by atoms with Crippen LogP contribution in [-0.4, -0.2) is 19.4 Å². The Balaban J connectivity index is 1.61. The fourth-order valence-electron chi connectivity index (χ4n) is 2.62. The molecule has 2 aliphatic rings. The van der Waals surface area contributed by atoms with Gasteiger partial charge in [-0.1, -0.05) is 0 Å². The van der Waals surface area contributed by atoms with E-state index in [2.05, 4.69) is 4.90 Å². The van der Waals surface area contributed by atoms with Crippen LogP contribution >= 0.6 is 0 Å². The number of piperidine rings is 1. The minimum Gasteiger partial charge on any atom is -0.459 e. The zero-order valence-corrected chi connectivity index (χ0v) is 10.6. The molecule has 0 saturated carbocycles. The maximum Gasteiger partial charge on any atom is 0.242 e. The first-order valence-electron chi connectivity index (χ1n) is 6.50. The Bertz CT molecular complexity index is 476. The summed E-state index contributed by atoms with van der Waals surface area (Å²) in [6.07, 6.45) is 4.97. The van der Waals surface area contributed by atoms with Crippen molar-refractivity contribution in [1.29, 1.82) is 0 Å². The molecule has 0 aliphatic carbocycles. The quantitative estimate of drug-likeness (QED) is 0.834. The molecule has 0 bridgehead atoms. The van der Waals surface area contributed by atoms with Crippen LogP contribution in [0.4, 0.5) is 15.8 Å². The summed E-state index contributed by atoms with van der Waals surface area (Å²) in [4.78, 5) is 2.17. The van der Waals surface area contributed by atoms with Gasteiger partial charge in [0.1, 0.15) is 18.3 Å². The van der Waals surface area contributed by atoms with E-state index in [4.69, 9.17) is 15.2 Å². The summed E-state index contributed by atoms with van der Waals surface area (Å²) >= 11 is 0. The molecule has 102 valence electrons. The van der Waals surface area contributed by atoms with Crippen molar-refractivity contribution in [3.8, 4) is 0 Å². The molecule has 2 aliphatic heterocycles. The molecule has 1 fully saturated rings. The minimum absolute atomic E-state index is 0.148. The molecule has 5 heteroatoms. The lowest BCUT2D eigenvalue weighted by Gasteiger charge is -2.35. The summed E-state index contributed by atoms with van der Waals surface area (Å²) in [5.74, 6) is 0.0381. The Kier molecular flexibility index (Phi) is 3.19. The second kappa shape index (κ2) is 4.99.